The van der Waals surface area contributed by atoms with Crippen molar-refractivity contribution in [3.05, 3.63) is 58.3 Å². The maximum absolute atomic E-state index is 12.5. The summed E-state index contributed by atoms with van der Waals surface area (Å²) in [7, 11) is 1.85. The van der Waals surface area contributed by atoms with Crippen LogP contribution < -0.4 is 5.32 Å². The molecular weight excluding hydrogens is 328 g/mol. The lowest BCUT2D eigenvalue weighted by Gasteiger charge is -2.07. The van der Waals surface area contributed by atoms with E-state index in [1.165, 1.54) is 0 Å². The van der Waals surface area contributed by atoms with Gasteiger partial charge < -0.3 is 5.32 Å². The third kappa shape index (κ3) is 3.24. The number of nitrogens with zero attached hydrogens (tertiary/aromatic N) is 5. The van der Waals surface area contributed by atoms with Crippen molar-refractivity contribution >= 4 is 5.91 Å². The molecule has 0 fully saturated rings. The van der Waals surface area contributed by atoms with Gasteiger partial charge in [0.2, 0.25) is 0 Å². The Morgan fingerprint density at radius 3 is 2.46 bits per heavy atom. The molecular formula is C19H24N6O. The summed E-state index contributed by atoms with van der Waals surface area (Å²) in [6, 6.07) is 5.75. The molecule has 3 aromatic rings. The first kappa shape index (κ1) is 17.8. The molecule has 0 saturated heterocycles. The number of hydrogen-bond donors (Lipinski definition) is 1. The van der Waals surface area contributed by atoms with E-state index < -0.39 is 0 Å². The summed E-state index contributed by atoms with van der Waals surface area (Å²) in [5.74, 6) is 0.713. The fraction of sp³-hybridized carbons (Fsp3) is 0.368. The average molecular weight is 352 g/mol. The van der Waals surface area contributed by atoms with Crippen molar-refractivity contribution in [2.45, 2.75) is 34.1 Å². The molecule has 7 nitrogen and oxygen atoms in total. The fourth-order valence-corrected chi connectivity index (χ4v) is 3.23. The van der Waals surface area contributed by atoms with Crippen molar-refractivity contribution in [1.29, 1.82) is 0 Å². The molecule has 0 aromatic carbocycles. The van der Waals surface area contributed by atoms with Crippen LogP contribution in [-0.4, -0.2) is 37.0 Å². The minimum Gasteiger partial charge on any atom is -0.352 e. The Bertz CT molecular complexity index is 939. The topological polar surface area (TPSA) is 77.6 Å². The monoisotopic (exact) mass is 352 g/mol. The highest BCUT2D eigenvalue weighted by Gasteiger charge is 2.18. The zero-order chi connectivity index (χ0) is 18.8. The Kier molecular flexibility index (Phi) is 4.88. The van der Waals surface area contributed by atoms with Gasteiger partial charge in [0.1, 0.15) is 0 Å². The zero-order valence-corrected chi connectivity index (χ0v) is 15.9. The van der Waals surface area contributed by atoms with Crippen molar-refractivity contribution < 1.29 is 4.79 Å². The summed E-state index contributed by atoms with van der Waals surface area (Å²) in [5, 5.41) is 11.9. The lowest BCUT2D eigenvalue weighted by molar-refractivity contribution is 0.0952. The van der Waals surface area contributed by atoms with E-state index in [1.54, 1.807) is 10.9 Å². The van der Waals surface area contributed by atoms with Gasteiger partial charge in [0, 0.05) is 31.2 Å². The molecule has 0 aliphatic heterocycles. The van der Waals surface area contributed by atoms with Crippen molar-refractivity contribution in [3.8, 4) is 5.82 Å². The molecule has 3 aromatic heterocycles. The minimum absolute atomic E-state index is 0.0828. The van der Waals surface area contributed by atoms with Crippen LogP contribution in [0, 0.1) is 27.7 Å². The number of hydrogen-bond acceptors (Lipinski definition) is 4. The highest BCUT2D eigenvalue weighted by molar-refractivity contribution is 5.96. The first-order chi connectivity index (χ1) is 12.4. The summed E-state index contributed by atoms with van der Waals surface area (Å²) >= 11 is 0. The summed E-state index contributed by atoms with van der Waals surface area (Å²) in [4.78, 5) is 16.8. The molecule has 0 bridgehead atoms. The smallest absolute Gasteiger partial charge is 0.255 e. The third-order valence-corrected chi connectivity index (χ3v) is 4.70. The Morgan fingerprint density at radius 1 is 1.08 bits per heavy atom. The van der Waals surface area contributed by atoms with Crippen molar-refractivity contribution in [3.63, 3.8) is 0 Å². The predicted octanol–water partition coefficient (Wildman–Crippen LogP) is 2.21. The normalized spacial score (nSPS) is 11.0. The van der Waals surface area contributed by atoms with Crippen LogP contribution in [0.2, 0.25) is 0 Å². The van der Waals surface area contributed by atoms with Crippen LogP contribution in [0.1, 0.15) is 38.7 Å². The van der Waals surface area contributed by atoms with Gasteiger partial charge in [-0.1, -0.05) is 6.07 Å². The van der Waals surface area contributed by atoms with Crippen molar-refractivity contribution in [2.24, 2.45) is 7.05 Å². The van der Waals surface area contributed by atoms with Crippen molar-refractivity contribution in [1.82, 2.24) is 29.9 Å². The van der Waals surface area contributed by atoms with E-state index in [0.29, 0.717) is 18.5 Å². The van der Waals surface area contributed by atoms with Gasteiger partial charge in [0.25, 0.3) is 5.91 Å². The highest BCUT2D eigenvalue weighted by Crippen LogP contribution is 2.17. The van der Waals surface area contributed by atoms with Crippen LogP contribution in [0.25, 0.3) is 5.82 Å². The van der Waals surface area contributed by atoms with Gasteiger partial charge in [-0.3, -0.25) is 9.48 Å². The number of carbonyl (C=O) groups excluding carboxylic acids is 1. The number of aromatic nitrogens is 5. The first-order valence-corrected chi connectivity index (χ1v) is 8.65. The highest BCUT2D eigenvalue weighted by atomic mass is 16.1. The van der Waals surface area contributed by atoms with E-state index in [2.05, 4.69) is 20.5 Å². The number of carbonyl (C=O) groups is 1. The van der Waals surface area contributed by atoms with E-state index in [4.69, 9.17) is 0 Å². The number of nitrogens with one attached hydrogen (secondary N) is 1. The standard InChI is InChI=1S/C19H24N6O/c1-12-16(14(3)25(23-12)17-8-6-7-10-20-17)9-11-21-19(26)18-13(2)22-24(5)15(18)4/h6-8,10H,9,11H2,1-5H3,(H,21,26). The minimum atomic E-state index is -0.0828. The Labute approximate surface area is 153 Å². The Balaban J connectivity index is 1.71. The van der Waals surface area contributed by atoms with E-state index >= 15 is 0 Å². The van der Waals surface area contributed by atoms with E-state index in [-0.39, 0.29) is 5.91 Å². The molecule has 1 N–H and O–H groups in total. The molecule has 0 unspecified atom stereocenters. The SMILES string of the molecule is Cc1nn(-c2ccccn2)c(C)c1CCNC(=O)c1c(C)nn(C)c1C. The summed E-state index contributed by atoms with van der Waals surface area (Å²) in [6.07, 6.45) is 2.47. The summed E-state index contributed by atoms with van der Waals surface area (Å²) in [6.45, 7) is 8.32. The molecule has 0 aliphatic carbocycles. The molecule has 3 heterocycles. The van der Waals surface area contributed by atoms with E-state index in [0.717, 1.165) is 34.2 Å². The Morgan fingerprint density at radius 2 is 1.85 bits per heavy atom. The van der Waals surface area contributed by atoms with Crippen molar-refractivity contribution in [2.75, 3.05) is 6.54 Å². The molecule has 7 heteroatoms. The second-order valence-corrected chi connectivity index (χ2v) is 6.42. The quantitative estimate of drug-likeness (QED) is 0.764. The number of pyridine rings is 1. The first-order valence-electron chi connectivity index (χ1n) is 8.65. The maximum atomic E-state index is 12.5. The van der Waals surface area contributed by atoms with E-state index in [9.17, 15) is 4.79 Å². The van der Waals surface area contributed by atoms with Crippen LogP contribution in [0.5, 0.6) is 0 Å². The van der Waals surface area contributed by atoms with Crippen LogP contribution >= 0.6 is 0 Å². The lowest BCUT2D eigenvalue weighted by Crippen LogP contribution is -2.27. The van der Waals surface area contributed by atoms with Crippen LogP contribution in [-0.2, 0) is 13.5 Å². The van der Waals surface area contributed by atoms with Gasteiger partial charge in [-0.2, -0.15) is 10.2 Å². The molecule has 3 rings (SSSR count). The van der Waals surface area contributed by atoms with E-state index in [1.807, 2.05) is 57.6 Å². The van der Waals surface area contributed by atoms with Crippen LogP contribution in [0.3, 0.4) is 0 Å². The molecule has 0 atom stereocenters. The molecule has 1 amide bonds. The molecule has 26 heavy (non-hydrogen) atoms. The molecule has 0 saturated carbocycles. The predicted molar refractivity (Wildman–Crippen MR) is 99.6 cm³/mol. The zero-order valence-electron chi connectivity index (χ0n) is 15.9. The lowest BCUT2D eigenvalue weighted by atomic mass is 10.1. The van der Waals surface area contributed by atoms with Gasteiger partial charge in [-0.15, -0.1) is 0 Å². The van der Waals surface area contributed by atoms with Crippen LogP contribution in [0.15, 0.2) is 24.4 Å². The van der Waals surface area contributed by atoms with Gasteiger partial charge in [-0.05, 0) is 51.8 Å². The molecule has 136 valence electrons. The van der Waals surface area contributed by atoms with Crippen LogP contribution in [0.4, 0.5) is 0 Å². The second kappa shape index (κ2) is 7.11. The van der Waals surface area contributed by atoms with Gasteiger partial charge in [-0.25, -0.2) is 9.67 Å². The van der Waals surface area contributed by atoms with Gasteiger partial charge in [0.05, 0.1) is 17.0 Å². The fourth-order valence-electron chi connectivity index (χ4n) is 3.23. The number of aryl methyl sites for hydroxylation is 3. The maximum Gasteiger partial charge on any atom is 0.255 e. The summed E-state index contributed by atoms with van der Waals surface area (Å²) < 4.78 is 3.58. The second-order valence-electron chi connectivity index (χ2n) is 6.42. The third-order valence-electron chi connectivity index (χ3n) is 4.70. The number of amides is 1. The van der Waals surface area contributed by atoms with Gasteiger partial charge in [0.15, 0.2) is 5.82 Å². The number of rotatable bonds is 5. The molecule has 0 spiro atoms. The average Bonchev–Trinajstić information content (AvgIpc) is 3.04. The molecule has 0 radical (unpaired) electrons. The largest absolute Gasteiger partial charge is 0.352 e. The molecule has 0 aliphatic rings. The van der Waals surface area contributed by atoms with Gasteiger partial charge >= 0.3 is 0 Å². The summed E-state index contributed by atoms with van der Waals surface area (Å²) in [5.41, 5.74) is 5.41. The Hall–Kier alpha value is -2.96.